The van der Waals surface area contributed by atoms with Crippen molar-refractivity contribution in [2.75, 3.05) is 13.1 Å². The molecule has 2 aliphatic rings. The van der Waals surface area contributed by atoms with Crippen molar-refractivity contribution < 1.29 is 4.79 Å². The van der Waals surface area contributed by atoms with E-state index in [9.17, 15) is 4.79 Å². The average molecular weight is 244 g/mol. The first kappa shape index (κ1) is 11.7. The van der Waals surface area contributed by atoms with Crippen LogP contribution in [0.3, 0.4) is 0 Å². The Kier molecular flexibility index (Phi) is 3.33. The van der Waals surface area contributed by atoms with Gasteiger partial charge in [0.15, 0.2) is 0 Å². The highest BCUT2D eigenvalue weighted by atomic mass is 16.2. The Hall–Kier alpha value is -1.35. The van der Waals surface area contributed by atoms with Crippen molar-refractivity contribution in [1.29, 1.82) is 0 Å². The van der Waals surface area contributed by atoms with Crippen LogP contribution in [0.5, 0.6) is 0 Å². The van der Waals surface area contributed by atoms with Crippen molar-refractivity contribution in [2.45, 2.75) is 37.8 Å². The summed E-state index contributed by atoms with van der Waals surface area (Å²) in [4.78, 5) is 14.6. The number of amides is 1. The first-order chi connectivity index (χ1) is 8.86. The molecule has 1 heterocycles. The number of benzene rings is 1. The Bertz CT molecular complexity index is 416. The Balaban J connectivity index is 1.80. The second kappa shape index (κ2) is 5.11. The lowest BCUT2D eigenvalue weighted by Crippen LogP contribution is -2.60. The van der Waals surface area contributed by atoms with Gasteiger partial charge in [0.25, 0.3) is 5.91 Å². The topological polar surface area (TPSA) is 32.3 Å². The molecular weight excluding hydrogens is 224 g/mol. The SMILES string of the molecule is O=C(c1ccccc1)N1CCN[C@H]2CCCC[C@@H]21. The van der Waals surface area contributed by atoms with Gasteiger partial charge in [-0.05, 0) is 25.0 Å². The zero-order valence-electron chi connectivity index (χ0n) is 10.6. The third-order valence-corrected chi connectivity index (χ3v) is 4.17. The van der Waals surface area contributed by atoms with Crippen LogP contribution >= 0.6 is 0 Å². The minimum atomic E-state index is 0.203. The van der Waals surface area contributed by atoms with E-state index in [-0.39, 0.29) is 5.91 Å². The molecule has 3 nitrogen and oxygen atoms in total. The standard InChI is InChI=1S/C15H20N2O/c18-15(12-6-2-1-3-7-12)17-11-10-16-13-8-4-5-9-14(13)17/h1-3,6-7,13-14,16H,4-5,8-11H2/t13-,14-/m0/s1. The molecule has 0 radical (unpaired) electrons. The predicted octanol–water partition coefficient (Wildman–Crippen LogP) is 2.04. The highest BCUT2D eigenvalue weighted by Gasteiger charge is 2.35. The molecular formula is C15H20N2O. The Morgan fingerprint density at radius 2 is 1.94 bits per heavy atom. The molecule has 1 aliphatic heterocycles. The van der Waals surface area contributed by atoms with Crippen LogP contribution in [0.4, 0.5) is 0 Å². The van der Waals surface area contributed by atoms with Crippen molar-refractivity contribution in [1.82, 2.24) is 10.2 Å². The fraction of sp³-hybridized carbons (Fsp3) is 0.533. The average Bonchev–Trinajstić information content (AvgIpc) is 2.47. The summed E-state index contributed by atoms with van der Waals surface area (Å²) in [5, 5.41) is 3.56. The first-order valence-electron chi connectivity index (χ1n) is 6.95. The van der Waals surface area contributed by atoms with Gasteiger partial charge in [0, 0.05) is 30.7 Å². The highest BCUT2D eigenvalue weighted by molar-refractivity contribution is 5.94. The van der Waals surface area contributed by atoms with Gasteiger partial charge in [0.1, 0.15) is 0 Å². The number of carbonyl (C=O) groups is 1. The molecule has 1 aliphatic carbocycles. The van der Waals surface area contributed by atoms with Crippen LogP contribution in [0.2, 0.25) is 0 Å². The van der Waals surface area contributed by atoms with Crippen LogP contribution in [-0.2, 0) is 0 Å². The van der Waals surface area contributed by atoms with Crippen LogP contribution in [0, 0.1) is 0 Å². The largest absolute Gasteiger partial charge is 0.333 e. The smallest absolute Gasteiger partial charge is 0.254 e. The Morgan fingerprint density at radius 3 is 2.78 bits per heavy atom. The van der Waals surface area contributed by atoms with Crippen LogP contribution in [-0.4, -0.2) is 36.0 Å². The van der Waals surface area contributed by atoms with Gasteiger partial charge in [0.2, 0.25) is 0 Å². The Morgan fingerprint density at radius 1 is 1.17 bits per heavy atom. The summed E-state index contributed by atoms with van der Waals surface area (Å²) in [7, 11) is 0. The van der Waals surface area contributed by atoms with Crippen molar-refractivity contribution in [3.63, 3.8) is 0 Å². The van der Waals surface area contributed by atoms with Crippen LogP contribution < -0.4 is 5.32 Å². The number of piperazine rings is 1. The molecule has 0 aromatic heterocycles. The zero-order chi connectivity index (χ0) is 12.4. The quantitative estimate of drug-likeness (QED) is 0.820. The molecule has 1 amide bonds. The summed E-state index contributed by atoms with van der Waals surface area (Å²) in [6.45, 7) is 1.77. The summed E-state index contributed by atoms with van der Waals surface area (Å²) >= 11 is 0. The number of nitrogens with one attached hydrogen (secondary N) is 1. The third-order valence-electron chi connectivity index (χ3n) is 4.17. The van der Waals surface area contributed by atoms with E-state index in [0.717, 1.165) is 25.1 Å². The lowest BCUT2D eigenvalue weighted by molar-refractivity contribution is 0.0489. The molecule has 0 spiro atoms. The van der Waals surface area contributed by atoms with E-state index in [1.807, 2.05) is 30.3 Å². The van der Waals surface area contributed by atoms with Gasteiger partial charge in [0.05, 0.1) is 0 Å². The second-order valence-corrected chi connectivity index (χ2v) is 5.28. The van der Waals surface area contributed by atoms with Gasteiger partial charge in [-0.25, -0.2) is 0 Å². The predicted molar refractivity (Wildman–Crippen MR) is 71.5 cm³/mol. The van der Waals surface area contributed by atoms with Gasteiger partial charge < -0.3 is 10.2 Å². The van der Waals surface area contributed by atoms with E-state index in [1.165, 1.54) is 19.3 Å². The van der Waals surface area contributed by atoms with E-state index in [4.69, 9.17) is 0 Å². The third kappa shape index (κ3) is 2.15. The van der Waals surface area contributed by atoms with Crippen molar-refractivity contribution in [3.05, 3.63) is 35.9 Å². The van der Waals surface area contributed by atoms with Crippen LogP contribution in [0.25, 0.3) is 0 Å². The normalized spacial score (nSPS) is 27.7. The molecule has 2 fully saturated rings. The maximum absolute atomic E-state index is 12.6. The summed E-state index contributed by atoms with van der Waals surface area (Å²) < 4.78 is 0. The lowest BCUT2D eigenvalue weighted by Gasteiger charge is -2.44. The number of fused-ring (bicyclic) bond motifs is 1. The molecule has 3 heteroatoms. The summed E-state index contributed by atoms with van der Waals surface area (Å²) in [6.07, 6.45) is 4.91. The molecule has 18 heavy (non-hydrogen) atoms. The molecule has 96 valence electrons. The molecule has 0 unspecified atom stereocenters. The van der Waals surface area contributed by atoms with E-state index in [2.05, 4.69) is 10.2 Å². The first-order valence-corrected chi connectivity index (χ1v) is 6.95. The highest BCUT2D eigenvalue weighted by Crippen LogP contribution is 2.26. The van der Waals surface area contributed by atoms with Gasteiger partial charge >= 0.3 is 0 Å². The number of hydrogen-bond donors (Lipinski definition) is 1. The van der Waals surface area contributed by atoms with E-state index >= 15 is 0 Å². The fourth-order valence-electron chi connectivity index (χ4n) is 3.26. The van der Waals surface area contributed by atoms with Crippen molar-refractivity contribution in [3.8, 4) is 0 Å². The molecule has 0 bridgehead atoms. The van der Waals surface area contributed by atoms with Gasteiger partial charge in [-0.2, -0.15) is 0 Å². The minimum absolute atomic E-state index is 0.203. The van der Waals surface area contributed by atoms with Crippen LogP contribution in [0.1, 0.15) is 36.0 Å². The zero-order valence-corrected chi connectivity index (χ0v) is 10.6. The molecule has 2 atom stereocenters. The molecule has 1 aromatic carbocycles. The lowest BCUT2D eigenvalue weighted by atomic mass is 9.87. The van der Waals surface area contributed by atoms with Gasteiger partial charge in [-0.15, -0.1) is 0 Å². The molecule has 1 saturated heterocycles. The molecule has 3 rings (SSSR count). The van der Waals surface area contributed by atoms with E-state index in [1.54, 1.807) is 0 Å². The monoisotopic (exact) mass is 244 g/mol. The van der Waals surface area contributed by atoms with Gasteiger partial charge in [-0.1, -0.05) is 31.0 Å². The number of rotatable bonds is 1. The molecule has 1 aromatic rings. The molecule has 1 saturated carbocycles. The summed E-state index contributed by atoms with van der Waals surface area (Å²) in [5.74, 6) is 0.203. The van der Waals surface area contributed by atoms with Crippen LogP contribution in [0.15, 0.2) is 30.3 Å². The second-order valence-electron chi connectivity index (χ2n) is 5.28. The van der Waals surface area contributed by atoms with Gasteiger partial charge in [-0.3, -0.25) is 4.79 Å². The summed E-state index contributed by atoms with van der Waals surface area (Å²) in [6, 6.07) is 10.6. The summed E-state index contributed by atoms with van der Waals surface area (Å²) in [5.41, 5.74) is 0.823. The van der Waals surface area contributed by atoms with E-state index in [0.29, 0.717) is 12.1 Å². The number of hydrogen-bond acceptors (Lipinski definition) is 2. The molecule has 1 N–H and O–H groups in total. The fourth-order valence-corrected chi connectivity index (χ4v) is 3.26. The van der Waals surface area contributed by atoms with Crippen molar-refractivity contribution in [2.24, 2.45) is 0 Å². The maximum Gasteiger partial charge on any atom is 0.254 e. The number of nitrogens with zero attached hydrogens (tertiary/aromatic N) is 1. The number of carbonyl (C=O) groups excluding carboxylic acids is 1. The minimum Gasteiger partial charge on any atom is -0.333 e. The maximum atomic E-state index is 12.6. The van der Waals surface area contributed by atoms with E-state index < -0.39 is 0 Å². The van der Waals surface area contributed by atoms with Crippen molar-refractivity contribution >= 4 is 5.91 Å². The Labute approximate surface area is 108 Å².